The molecule has 0 aromatic carbocycles. The van der Waals surface area contributed by atoms with Crippen LogP contribution >= 0.6 is 0 Å². The van der Waals surface area contributed by atoms with Crippen molar-refractivity contribution in [3.05, 3.63) is 23.7 Å². The molecule has 2 aromatic rings. The number of ether oxygens (including phenoxy) is 1. The number of hydrogen-bond acceptors (Lipinski definition) is 7. The van der Waals surface area contributed by atoms with Gasteiger partial charge in [-0.1, -0.05) is 5.21 Å². The maximum atomic E-state index is 10.8. The predicted molar refractivity (Wildman–Crippen MR) is 71.6 cm³/mol. The van der Waals surface area contributed by atoms with E-state index in [1.54, 1.807) is 17.9 Å². The Balaban J connectivity index is 1.70. The summed E-state index contributed by atoms with van der Waals surface area (Å²) in [6.07, 6.45) is 1.43. The number of anilines is 1. The molecule has 1 saturated heterocycles. The second kappa shape index (κ2) is 5.00. The van der Waals surface area contributed by atoms with E-state index in [4.69, 9.17) is 9.84 Å². The molecular formula is C12H14N6O3. The second-order valence-corrected chi connectivity index (χ2v) is 4.80. The summed E-state index contributed by atoms with van der Waals surface area (Å²) in [6.45, 7) is 3.17. The molecule has 0 atom stereocenters. The van der Waals surface area contributed by atoms with Gasteiger partial charge in [-0.25, -0.2) is 14.5 Å². The number of carboxylic acid groups (broad SMARTS) is 1. The molecule has 0 saturated carbocycles. The van der Waals surface area contributed by atoms with Crippen LogP contribution in [0.4, 0.5) is 5.95 Å². The molecular weight excluding hydrogens is 276 g/mol. The fourth-order valence-corrected chi connectivity index (χ4v) is 2.11. The van der Waals surface area contributed by atoms with Crippen LogP contribution in [-0.4, -0.2) is 56.2 Å². The molecule has 0 unspecified atom stereocenters. The zero-order chi connectivity index (χ0) is 15.0. The lowest BCUT2D eigenvalue weighted by atomic mass is 10.1. The highest BCUT2D eigenvalue weighted by Crippen LogP contribution is 2.26. The molecule has 2 aromatic heterocycles. The van der Waals surface area contributed by atoms with Crippen LogP contribution in [0.25, 0.3) is 0 Å². The van der Waals surface area contributed by atoms with Crippen LogP contribution < -0.4 is 9.64 Å². The van der Waals surface area contributed by atoms with Crippen molar-refractivity contribution in [2.45, 2.75) is 13.0 Å². The molecule has 0 spiro atoms. The molecule has 1 aliphatic rings. The minimum Gasteiger partial charge on any atom is -0.481 e. The average Bonchev–Trinajstić information content (AvgIpc) is 2.86. The highest BCUT2D eigenvalue weighted by atomic mass is 16.5. The van der Waals surface area contributed by atoms with Gasteiger partial charge in [0, 0.05) is 24.8 Å². The fourth-order valence-electron chi connectivity index (χ4n) is 2.11. The zero-order valence-electron chi connectivity index (χ0n) is 11.6. The molecule has 3 rings (SSSR count). The van der Waals surface area contributed by atoms with Crippen LogP contribution in [0.3, 0.4) is 0 Å². The van der Waals surface area contributed by atoms with Gasteiger partial charge in [-0.05, 0) is 6.92 Å². The monoisotopic (exact) mass is 290 g/mol. The summed E-state index contributed by atoms with van der Waals surface area (Å²) in [6, 6.07) is 1.83. The predicted octanol–water partition coefficient (Wildman–Crippen LogP) is 0.145. The van der Waals surface area contributed by atoms with Gasteiger partial charge >= 0.3 is 5.97 Å². The minimum absolute atomic E-state index is 0.0538. The highest BCUT2D eigenvalue weighted by Gasteiger charge is 2.32. The molecule has 110 valence electrons. The van der Waals surface area contributed by atoms with Crippen LogP contribution in [0, 0.1) is 6.92 Å². The van der Waals surface area contributed by atoms with Crippen molar-refractivity contribution in [1.29, 1.82) is 0 Å². The summed E-state index contributed by atoms with van der Waals surface area (Å²) in [5, 5.41) is 16.3. The van der Waals surface area contributed by atoms with Crippen molar-refractivity contribution < 1.29 is 14.6 Å². The third kappa shape index (κ3) is 2.49. The molecule has 21 heavy (non-hydrogen) atoms. The number of rotatable bonds is 4. The Morgan fingerprint density at radius 3 is 2.81 bits per heavy atom. The number of aryl methyl sites for hydroxylation is 1. The number of hydrogen-bond donors (Lipinski definition) is 1. The Labute approximate surface area is 120 Å². The van der Waals surface area contributed by atoms with Crippen LogP contribution in [0.2, 0.25) is 0 Å². The van der Waals surface area contributed by atoms with Gasteiger partial charge < -0.3 is 14.7 Å². The molecule has 0 radical (unpaired) electrons. The Hall–Kier alpha value is -2.71. The van der Waals surface area contributed by atoms with Gasteiger partial charge in [0.25, 0.3) is 0 Å². The summed E-state index contributed by atoms with van der Waals surface area (Å²) >= 11 is 0. The van der Waals surface area contributed by atoms with Crippen LogP contribution in [0.5, 0.6) is 5.88 Å². The highest BCUT2D eigenvalue weighted by molar-refractivity contribution is 5.84. The average molecular weight is 290 g/mol. The molecule has 0 amide bonds. The van der Waals surface area contributed by atoms with E-state index in [1.165, 1.54) is 6.20 Å². The molecule has 1 fully saturated rings. The summed E-state index contributed by atoms with van der Waals surface area (Å²) in [5.41, 5.74) is 0.774. The maximum Gasteiger partial charge on any atom is 0.358 e. The molecule has 9 nitrogen and oxygen atoms in total. The van der Waals surface area contributed by atoms with Crippen molar-refractivity contribution in [1.82, 2.24) is 25.0 Å². The van der Waals surface area contributed by atoms with E-state index in [2.05, 4.69) is 20.3 Å². The second-order valence-electron chi connectivity index (χ2n) is 4.80. The van der Waals surface area contributed by atoms with Crippen molar-refractivity contribution >= 4 is 11.9 Å². The van der Waals surface area contributed by atoms with E-state index in [0.717, 1.165) is 5.69 Å². The van der Waals surface area contributed by atoms with Crippen LogP contribution in [0.15, 0.2) is 12.3 Å². The lowest BCUT2D eigenvalue weighted by molar-refractivity contribution is 0.0690. The number of carboxylic acids is 1. The van der Waals surface area contributed by atoms with Crippen molar-refractivity contribution in [3.63, 3.8) is 0 Å². The standard InChI is InChI=1S/C12H14N6O3/c1-7-3-10(21-2)14-12(13-7)17-4-8(5-17)18-6-9(11(19)20)15-16-18/h3,6,8H,4-5H2,1-2H3,(H,19,20). The SMILES string of the molecule is COc1cc(C)nc(N2CC(n3cc(C(=O)O)nn3)C2)n1. The largest absolute Gasteiger partial charge is 0.481 e. The number of carbonyl (C=O) groups is 1. The van der Waals surface area contributed by atoms with Crippen molar-refractivity contribution in [3.8, 4) is 5.88 Å². The first-order valence-corrected chi connectivity index (χ1v) is 6.36. The first-order valence-electron chi connectivity index (χ1n) is 6.36. The van der Waals surface area contributed by atoms with Gasteiger partial charge in [0.05, 0.1) is 19.3 Å². The van der Waals surface area contributed by atoms with E-state index >= 15 is 0 Å². The van der Waals surface area contributed by atoms with Gasteiger partial charge in [0.15, 0.2) is 5.69 Å². The molecule has 1 aliphatic heterocycles. The third-order valence-electron chi connectivity index (χ3n) is 3.28. The van der Waals surface area contributed by atoms with Gasteiger partial charge in [-0.15, -0.1) is 5.10 Å². The lowest BCUT2D eigenvalue weighted by Gasteiger charge is -2.38. The Kier molecular flexibility index (Phi) is 3.16. The topological polar surface area (TPSA) is 106 Å². The minimum atomic E-state index is -1.08. The summed E-state index contributed by atoms with van der Waals surface area (Å²) in [7, 11) is 1.56. The van der Waals surface area contributed by atoms with Crippen molar-refractivity contribution in [2.24, 2.45) is 0 Å². The number of aromatic nitrogens is 5. The first kappa shape index (κ1) is 13.3. The first-order chi connectivity index (χ1) is 10.1. The van der Waals surface area contributed by atoms with Gasteiger partial charge in [-0.2, -0.15) is 4.98 Å². The molecule has 9 heteroatoms. The molecule has 3 heterocycles. The fraction of sp³-hybridized carbons (Fsp3) is 0.417. The van der Waals surface area contributed by atoms with Gasteiger partial charge in [0.1, 0.15) is 0 Å². The van der Waals surface area contributed by atoms with Crippen LogP contribution in [-0.2, 0) is 0 Å². The summed E-state index contributed by atoms with van der Waals surface area (Å²) in [5.74, 6) is 0.0423. The molecule has 0 bridgehead atoms. The van der Waals surface area contributed by atoms with E-state index in [0.29, 0.717) is 24.9 Å². The number of aromatic carboxylic acids is 1. The summed E-state index contributed by atoms with van der Waals surface area (Å²) in [4.78, 5) is 21.4. The maximum absolute atomic E-state index is 10.8. The Morgan fingerprint density at radius 1 is 1.43 bits per heavy atom. The number of nitrogens with zero attached hydrogens (tertiary/aromatic N) is 6. The van der Waals surface area contributed by atoms with E-state index in [9.17, 15) is 4.79 Å². The molecule has 1 N–H and O–H groups in total. The van der Waals surface area contributed by atoms with E-state index in [-0.39, 0.29) is 11.7 Å². The van der Waals surface area contributed by atoms with Crippen LogP contribution in [0.1, 0.15) is 22.2 Å². The Morgan fingerprint density at radius 2 is 2.19 bits per heavy atom. The normalized spacial score (nSPS) is 14.9. The summed E-state index contributed by atoms with van der Waals surface area (Å²) < 4.78 is 6.69. The number of methoxy groups -OCH3 is 1. The third-order valence-corrected chi connectivity index (χ3v) is 3.28. The van der Waals surface area contributed by atoms with E-state index < -0.39 is 5.97 Å². The van der Waals surface area contributed by atoms with Gasteiger partial charge in [0.2, 0.25) is 11.8 Å². The molecule has 0 aliphatic carbocycles. The smallest absolute Gasteiger partial charge is 0.358 e. The quantitative estimate of drug-likeness (QED) is 0.847. The van der Waals surface area contributed by atoms with E-state index in [1.807, 2.05) is 11.8 Å². The Bertz CT molecular complexity index is 679. The zero-order valence-corrected chi connectivity index (χ0v) is 11.6. The lowest BCUT2D eigenvalue weighted by Crippen LogP contribution is -2.48. The van der Waals surface area contributed by atoms with Gasteiger partial charge in [-0.3, -0.25) is 0 Å². The van der Waals surface area contributed by atoms with Crippen molar-refractivity contribution in [2.75, 3.05) is 25.1 Å².